The van der Waals surface area contributed by atoms with Crippen LogP contribution in [0.5, 0.6) is 0 Å². The van der Waals surface area contributed by atoms with Gasteiger partial charge in [0.15, 0.2) is 0 Å². The number of hydrogen-bond acceptors (Lipinski definition) is 1. The van der Waals surface area contributed by atoms with Crippen LogP contribution in [-0.4, -0.2) is 24.4 Å². The van der Waals surface area contributed by atoms with Gasteiger partial charge in [-0.1, -0.05) is 39.0 Å². The van der Waals surface area contributed by atoms with Crippen LogP contribution in [0, 0.1) is 0 Å². The topological polar surface area (TPSA) is 20.3 Å². The summed E-state index contributed by atoms with van der Waals surface area (Å²) in [5.41, 5.74) is 0. The largest absolute Gasteiger partial charge is 0.346 e. The fourth-order valence-electron chi connectivity index (χ4n) is 1.38. The van der Waals surface area contributed by atoms with Crippen molar-refractivity contribution in [1.29, 1.82) is 0 Å². The van der Waals surface area contributed by atoms with Crippen molar-refractivity contribution in [3.63, 3.8) is 0 Å². The van der Waals surface area contributed by atoms with Gasteiger partial charge in [0.05, 0.1) is 0 Å². The zero-order chi connectivity index (χ0) is 9.94. The lowest BCUT2D eigenvalue weighted by Crippen LogP contribution is -2.22. The molecule has 0 aromatic rings. The van der Waals surface area contributed by atoms with Crippen LogP contribution in [0.25, 0.3) is 0 Å². The fraction of sp³-hybridized carbons (Fsp3) is 0.909. The quantitative estimate of drug-likeness (QED) is 0.399. The third kappa shape index (κ3) is 7.82. The third-order valence-corrected chi connectivity index (χ3v) is 2.35. The zero-order valence-corrected chi connectivity index (χ0v) is 9.09. The van der Waals surface area contributed by atoms with Crippen molar-refractivity contribution < 1.29 is 4.79 Å². The van der Waals surface area contributed by atoms with Gasteiger partial charge in [0.1, 0.15) is 0 Å². The molecular weight excluding hydrogens is 162 g/mol. The van der Waals surface area contributed by atoms with E-state index in [1.165, 1.54) is 32.1 Å². The number of unbranched alkanes of at least 4 members (excludes halogenated alkanes) is 5. The summed E-state index contributed by atoms with van der Waals surface area (Å²) >= 11 is 0. The first kappa shape index (κ1) is 12.5. The van der Waals surface area contributed by atoms with E-state index < -0.39 is 0 Å². The van der Waals surface area contributed by atoms with Gasteiger partial charge >= 0.3 is 0 Å². The number of amides is 1. The zero-order valence-electron chi connectivity index (χ0n) is 9.09. The molecule has 0 aliphatic rings. The molecule has 0 aliphatic carbocycles. The standard InChI is InChI=1S/C11H23NO/c1-3-5-6-7-8-9-10-12(4-2)11-13/h11H,3-10H2,1-2H3. The maximum absolute atomic E-state index is 10.4. The van der Waals surface area contributed by atoms with Crippen LogP contribution in [0.3, 0.4) is 0 Å². The van der Waals surface area contributed by atoms with Gasteiger partial charge in [-0.05, 0) is 13.3 Å². The van der Waals surface area contributed by atoms with Crippen molar-refractivity contribution in [2.45, 2.75) is 52.4 Å². The van der Waals surface area contributed by atoms with Crippen molar-refractivity contribution in [2.24, 2.45) is 0 Å². The minimum absolute atomic E-state index is 0.846. The molecule has 0 heterocycles. The van der Waals surface area contributed by atoms with E-state index in [0.717, 1.165) is 25.9 Å². The molecule has 0 radical (unpaired) electrons. The second-order valence-electron chi connectivity index (χ2n) is 3.50. The molecule has 0 N–H and O–H groups in total. The molecule has 0 fully saturated rings. The van der Waals surface area contributed by atoms with E-state index >= 15 is 0 Å². The Hall–Kier alpha value is -0.530. The van der Waals surface area contributed by atoms with E-state index in [1.807, 2.05) is 11.8 Å². The van der Waals surface area contributed by atoms with Crippen molar-refractivity contribution in [3.8, 4) is 0 Å². The number of carbonyl (C=O) groups is 1. The first-order valence-corrected chi connectivity index (χ1v) is 5.54. The summed E-state index contributed by atoms with van der Waals surface area (Å²) in [6.45, 7) is 6.03. The molecule has 0 aromatic heterocycles. The van der Waals surface area contributed by atoms with E-state index in [-0.39, 0.29) is 0 Å². The average Bonchev–Trinajstić information content (AvgIpc) is 2.17. The molecule has 0 spiro atoms. The molecule has 2 heteroatoms. The maximum Gasteiger partial charge on any atom is 0.209 e. The van der Waals surface area contributed by atoms with E-state index in [4.69, 9.17) is 0 Å². The van der Waals surface area contributed by atoms with E-state index in [9.17, 15) is 4.79 Å². The highest BCUT2D eigenvalue weighted by molar-refractivity contribution is 5.46. The van der Waals surface area contributed by atoms with Crippen LogP contribution in [0.15, 0.2) is 0 Å². The second kappa shape index (κ2) is 9.56. The minimum atomic E-state index is 0.846. The first-order chi connectivity index (χ1) is 6.35. The summed E-state index contributed by atoms with van der Waals surface area (Å²) in [6, 6.07) is 0. The number of rotatable bonds is 9. The summed E-state index contributed by atoms with van der Waals surface area (Å²) in [7, 11) is 0. The van der Waals surface area contributed by atoms with Crippen molar-refractivity contribution >= 4 is 6.41 Å². The Bertz CT molecular complexity index is 115. The van der Waals surface area contributed by atoms with E-state index in [2.05, 4.69) is 6.92 Å². The molecule has 1 amide bonds. The lowest BCUT2D eigenvalue weighted by atomic mass is 10.1. The van der Waals surface area contributed by atoms with Crippen LogP contribution < -0.4 is 0 Å². The molecule has 0 rings (SSSR count). The van der Waals surface area contributed by atoms with Gasteiger partial charge in [-0.15, -0.1) is 0 Å². The van der Waals surface area contributed by atoms with Gasteiger partial charge in [-0.3, -0.25) is 4.79 Å². The van der Waals surface area contributed by atoms with Crippen molar-refractivity contribution in [3.05, 3.63) is 0 Å². The highest BCUT2D eigenvalue weighted by Gasteiger charge is 1.96. The number of hydrogen-bond donors (Lipinski definition) is 0. The fourth-order valence-corrected chi connectivity index (χ4v) is 1.38. The Labute approximate surface area is 82.3 Å². The SMILES string of the molecule is CCCCCCCCN(C=O)CC. The molecule has 13 heavy (non-hydrogen) atoms. The van der Waals surface area contributed by atoms with Gasteiger partial charge in [0.25, 0.3) is 0 Å². The summed E-state index contributed by atoms with van der Waals surface area (Å²) in [5, 5.41) is 0. The van der Waals surface area contributed by atoms with Gasteiger partial charge in [-0.2, -0.15) is 0 Å². The smallest absolute Gasteiger partial charge is 0.209 e. The summed E-state index contributed by atoms with van der Waals surface area (Å²) in [6.07, 6.45) is 8.71. The van der Waals surface area contributed by atoms with Crippen molar-refractivity contribution in [1.82, 2.24) is 4.90 Å². The normalized spacial score (nSPS) is 10.0. The maximum atomic E-state index is 10.4. The molecule has 0 unspecified atom stereocenters. The second-order valence-corrected chi connectivity index (χ2v) is 3.50. The molecule has 0 bridgehead atoms. The first-order valence-electron chi connectivity index (χ1n) is 5.54. The average molecular weight is 185 g/mol. The molecule has 78 valence electrons. The molecule has 0 saturated heterocycles. The van der Waals surface area contributed by atoms with Crippen LogP contribution in [-0.2, 0) is 4.79 Å². The third-order valence-electron chi connectivity index (χ3n) is 2.35. The van der Waals surface area contributed by atoms with Gasteiger partial charge < -0.3 is 4.90 Å². The predicted molar refractivity (Wildman–Crippen MR) is 56.7 cm³/mol. The van der Waals surface area contributed by atoms with E-state index in [1.54, 1.807) is 0 Å². The number of carbonyl (C=O) groups excluding carboxylic acids is 1. The molecule has 0 aliphatic heterocycles. The van der Waals surface area contributed by atoms with Crippen LogP contribution >= 0.6 is 0 Å². The highest BCUT2D eigenvalue weighted by Crippen LogP contribution is 2.05. The molecule has 2 nitrogen and oxygen atoms in total. The molecule has 0 saturated carbocycles. The molecular formula is C11H23NO. The lowest BCUT2D eigenvalue weighted by molar-refractivity contribution is -0.118. The summed E-state index contributed by atoms with van der Waals surface area (Å²) in [5.74, 6) is 0. The van der Waals surface area contributed by atoms with Gasteiger partial charge in [0, 0.05) is 13.1 Å². The van der Waals surface area contributed by atoms with Crippen molar-refractivity contribution in [2.75, 3.05) is 13.1 Å². The number of nitrogens with zero attached hydrogens (tertiary/aromatic N) is 1. The highest BCUT2D eigenvalue weighted by atomic mass is 16.1. The minimum Gasteiger partial charge on any atom is -0.346 e. The van der Waals surface area contributed by atoms with Gasteiger partial charge in [-0.25, -0.2) is 0 Å². The monoisotopic (exact) mass is 185 g/mol. The Morgan fingerprint density at radius 2 is 1.62 bits per heavy atom. The van der Waals surface area contributed by atoms with Gasteiger partial charge in [0.2, 0.25) is 6.41 Å². The predicted octanol–water partition coefficient (Wildman–Crippen LogP) is 2.83. The Morgan fingerprint density at radius 1 is 1.00 bits per heavy atom. The Kier molecular flexibility index (Phi) is 9.17. The summed E-state index contributed by atoms with van der Waals surface area (Å²) < 4.78 is 0. The summed E-state index contributed by atoms with van der Waals surface area (Å²) in [4.78, 5) is 12.3. The molecule has 0 atom stereocenters. The van der Waals surface area contributed by atoms with Crippen LogP contribution in [0.2, 0.25) is 0 Å². The van der Waals surface area contributed by atoms with Crippen LogP contribution in [0.1, 0.15) is 52.4 Å². The Balaban J connectivity index is 3.10. The Morgan fingerprint density at radius 3 is 2.15 bits per heavy atom. The van der Waals surface area contributed by atoms with E-state index in [0.29, 0.717) is 0 Å². The molecule has 0 aromatic carbocycles. The van der Waals surface area contributed by atoms with Crippen LogP contribution in [0.4, 0.5) is 0 Å². The lowest BCUT2D eigenvalue weighted by Gasteiger charge is -2.13.